The average molecular weight is 378 g/mol. The maximum absolute atomic E-state index is 13.0. The Morgan fingerprint density at radius 2 is 1.69 bits per heavy atom. The Kier molecular flexibility index (Phi) is 5.23. The number of likely N-dealkylation sites (tertiary alicyclic amines) is 1. The number of hydrogen-bond acceptors (Lipinski definition) is 3. The fourth-order valence-electron chi connectivity index (χ4n) is 3.96. The van der Waals surface area contributed by atoms with Crippen molar-refractivity contribution in [1.82, 2.24) is 14.7 Å². The van der Waals surface area contributed by atoms with Crippen LogP contribution in [0.5, 0.6) is 0 Å². The van der Waals surface area contributed by atoms with Crippen LogP contribution in [-0.2, 0) is 9.59 Å². The number of carbonyl (C=O) groups is 3. The van der Waals surface area contributed by atoms with Crippen molar-refractivity contribution in [2.75, 3.05) is 39.3 Å². The van der Waals surface area contributed by atoms with E-state index in [-0.39, 0.29) is 17.7 Å². The van der Waals surface area contributed by atoms with E-state index >= 15 is 0 Å². The molecular weight excluding hydrogens is 354 g/mol. The van der Waals surface area contributed by atoms with E-state index in [4.69, 9.17) is 11.6 Å². The molecule has 1 aromatic rings. The first kappa shape index (κ1) is 18.7. The van der Waals surface area contributed by atoms with Crippen LogP contribution in [0.2, 0.25) is 5.02 Å². The highest BCUT2D eigenvalue weighted by atomic mass is 35.5. The molecule has 2 fully saturated rings. The third-order valence-corrected chi connectivity index (χ3v) is 5.55. The van der Waals surface area contributed by atoms with E-state index < -0.39 is 5.41 Å². The third-order valence-electron chi connectivity index (χ3n) is 5.30. The standard InChI is InChI=1S/C19H24ClN3O3/c1-3-21-11-19(10-17(21)25)12-22(14(2)24)8-9-23(13-19)18(26)15-4-6-16(20)7-5-15/h4-7H,3,8-13H2,1-2H3. The maximum atomic E-state index is 13.0. The van der Waals surface area contributed by atoms with Gasteiger partial charge in [-0.05, 0) is 31.2 Å². The summed E-state index contributed by atoms with van der Waals surface area (Å²) < 4.78 is 0. The zero-order chi connectivity index (χ0) is 18.9. The summed E-state index contributed by atoms with van der Waals surface area (Å²) in [6, 6.07) is 6.82. The summed E-state index contributed by atoms with van der Waals surface area (Å²) in [4.78, 5) is 42.7. The second kappa shape index (κ2) is 7.27. The molecule has 0 aromatic heterocycles. The summed E-state index contributed by atoms with van der Waals surface area (Å²) in [5.41, 5.74) is 0.162. The highest BCUT2D eigenvalue weighted by Crippen LogP contribution is 2.35. The van der Waals surface area contributed by atoms with Crippen molar-refractivity contribution in [2.45, 2.75) is 20.3 Å². The van der Waals surface area contributed by atoms with Crippen LogP contribution in [0.3, 0.4) is 0 Å². The molecule has 0 radical (unpaired) electrons. The maximum Gasteiger partial charge on any atom is 0.253 e. The molecule has 7 heteroatoms. The van der Waals surface area contributed by atoms with Gasteiger partial charge in [-0.25, -0.2) is 0 Å². The van der Waals surface area contributed by atoms with Crippen LogP contribution in [0.25, 0.3) is 0 Å². The van der Waals surface area contributed by atoms with E-state index in [1.807, 2.05) is 11.8 Å². The van der Waals surface area contributed by atoms with Crippen molar-refractivity contribution < 1.29 is 14.4 Å². The van der Waals surface area contributed by atoms with E-state index in [1.165, 1.54) is 0 Å². The lowest BCUT2D eigenvalue weighted by Crippen LogP contribution is -2.45. The fraction of sp³-hybridized carbons (Fsp3) is 0.526. The highest BCUT2D eigenvalue weighted by Gasteiger charge is 2.47. The first-order valence-electron chi connectivity index (χ1n) is 8.92. The zero-order valence-electron chi connectivity index (χ0n) is 15.2. The van der Waals surface area contributed by atoms with Gasteiger partial charge in [-0.15, -0.1) is 0 Å². The van der Waals surface area contributed by atoms with E-state index in [0.717, 1.165) is 0 Å². The summed E-state index contributed by atoms with van der Waals surface area (Å²) in [6.45, 7) is 6.64. The van der Waals surface area contributed by atoms with Crippen LogP contribution < -0.4 is 0 Å². The third kappa shape index (κ3) is 3.70. The van der Waals surface area contributed by atoms with E-state index in [1.54, 1.807) is 41.0 Å². The quantitative estimate of drug-likeness (QED) is 0.790. The predicted molar refractivity (Wildman–Crippen MR) is 98.9 cm³/mol. The van der Waals surface area contributed by atoms with Crippen molar-refractivity contribution in [3.63, 3.8) is 0 Å². The van der Waals surface area contributed by atoms with Gasteiger partial charge in [0.2, 0.25) is 11.8 Å². The lowest BCUT2D eigenvalue weighted by molar-refractivity contribution is -0.130. The molecule has 0 saturated carbocycles. The van der Waals surface area contributed by atoms with Crippen molar-refractivity contribution in [3.05, 3.63) is 34.9 Å². The van der Waals surface area contributed by atoms with Gasteiger partial charge in [0.25, 0.3) is 5.91 Å². The topological polar surface area (TPSA) is 60.9 Å². The van der Waals surface area contributed by atoms with Gasteiger partial charge in [-0.2, -0.15) is 0 Å². The molecule has 1 spiro atoms. The van der Waals surface area contributed by atoms with Gasteiger partial charge in [0.05, 0.1) is 0 Å². The largest absolute Gasteiger partial charge is 0.342 e. The Labute approximate surface area is 158 Å². The molecular formula is C19H24ClN3O3. The van der Waals surface area contributed by atoms with Gasteiger partial charge in [0.15, 0.2) is 0 Å². The number of benzene rings is 1. The minimum Gasteiger partial charge on any atom is -0.342 e. The molecule has 0 bridgehead atoms. The lowest BCUT2D eigenvalue weighted by atomic mass is 9.85. The predicted octanol–water partition coefficient (Wildman–Crippen LogP) is 1.88. The van der Waals surface area contributed by atoms with E-state index in [9.17, 15) is 14.4 Å². The SMILES string of the molecule is CCN1CC2(CC1=O)CN(C(C)=O)CCN(C(=O)c1ccc(Cl)cc1)C2. The van der Waals surface area contributed by atoms with Gasteiger partial charge >= 0.3 is 0 Å². The smallest absolute Gasteiger partial charge is 0.253 e. The fourth-order valence-corrected chi connectivity index (χ4v) is 4.08. The van der Waals surface area contributed by atoms with Crippen LogP contribution in [0, 0.1) is 5.41 Å². The number of halogens is 1. The summed E-state index contributed by atoms with van der Waals surface area (Å²) in [5, 5.41) is 0.580. The molecule has 2 heterocycles. The van der Waals surface area contributed by atoms with Crippen LogP contribution in [0.4, 0.5) is 0 Å². The van der Waals surface area contributed by atoms with Gasteiger partial charge in [0, 0.05) is 68.6 Å². The van der Waals surface area contributed by atoms with Gasteiger partial charge < -0.3 is 14.7 Å². The van der Waals surface area contributed by atoms with Crippen LogP contribution in [0.15, 0.2) is 24.3 Å². The molecule has 6 nitrogen and oxygen atoms in total. The molecule has 140 valence electrons. The normalized spacial score (nSPS) is 23.5. The number of rotatable bonds is 2. The molecule has 1 aromatic carbocycles. The molecule has 1 atom stereocenters. The Balaban J connectivity index is 1.87. The molecule has 2 saturated heterocycles. The van der Waals surface area contributed by atoms with Crippen LogP contribution >= 0.6 is 11.6 Å². The molecule has 3 rings (SSSR count). The zero-order valence-corrected chi connectivity index (χ0v) is 16.0. The molecule has 26 heavy (non-hydrogen) atoms. The number of hydrogen-bond donors (Lipinski definition) is 0. The molecule has 0 N–H and O–H groups in total. The lowest BCUT2D eigenvalue weighted by Gasteiger charge is -2.33. The summed E-state index contributed by atoms with van der Waals surface area (Å²) in [5.74, 6) is -0.0156. The number of carbonyl (C=O) groups excluding carboxylic acids is 3. The second-order valence-corrected chi connectivity index (χ2v) is 7.70. The van der Waals surface area contributed by atoms with E-state index in [2.05, 4.69) is 0 Å². The van der Waals surface area contributed by atoms with Crippen LogP contribution in [-0.4, -0.2) is 71.7 Å². The first-order chi connectivity index (χ1) is 12.3. The van der Waals surface area contributed by atoms with Crippen molar-refractivity contribution in [3.8, 4) is 0 Å². The van der Waals surface area contributed by atoms with Gasteiger partial charge in [-0.1, -0.05) is 11.6 Å². The minimum atomic E-state index is -0.405. The monoisotopic (exact) mass is 377 g/mol. The molecule has 2 aliphatic heterocycles. The van der Waals surface area contributed by atoms with Gasteiger partial charge in [0.1, 0.15) is 0 Å². The van der Waals surface area contributed by atoms with Crippen LogP contribution in [0.1, 0.15) is 30.6 Å². The molecule has 2 aliphatic rings. The Morgan fingerprint density at radius 3 is 2.27 bits per heavy atom. The average Bonchev–Trinajstić information content (AvgIpc) is 2.80. The minimum absolute atomic E-state index is 0.0208. The molecule has 3 amide bonds. The first-order valence-corrected chi connectivity index (χ1v) is 9.29. The Hall–Kier alpha value is -2.08. The van der Waals surface area contributed by atoms with Crippen molar-refractivity contribution >= 4 is 29.3 Å². The number of amides is 3. The summed E-state index contributed by atoms with van der Waals surface area (Å²) >= 11 is 5.92. The molecule has 0 aliphatic carbocycles. The van der Waals surface area contributed by atoms with Crippen molar-refractivity contribution in [2.24, 2.45) is 5.41 Å². The number of nitrogens with zero attached hydrogens (tertiary/aromatic N) is 3. The summed E-state index contributed by atoms with van der Waals surface area (Å²) in [7, 11) is 0. The van der Waals surface area contributed by atoms with E-state index in [0.29, 0.717) is 56.3 Å². The highest BCUT2D eigenvalue weighted by molar-refractivity contribution is 6.30. The second-order valence-electron chi connectivity index (χ2n) is 7.26. The van der Waals surface area contributed by atoms with Gasteiger partial charge in [-0.3, -0.25) is 14.4 Å². The summed E-state index contributed by atoms with van der Waals surface area (Å²) in [6.07, 6.45) is 0.370. The molecule has 1 unspecified atom stereocenters. The Morgan fingerprint density at radius 1 is 1.08 bits per heavy atom. The van der Waals surface area contributed by atoms with Crippen molar-refractivity contribution in [1.29, 1.82) is 0 Å². The Bertz CT molecular complexity index is 721.